The van der Waals surface area contributed by atoms with Crippen LogP contribution in [-0.2, 0) is 6.42 Å². The second-order valence-corrected chi connectivity index (χ2v) is 5.23. The minimum absolute atomic E-state index is 0.373. The maximum atomic E-state index is 10.4. The molecule has 2 heteroatoms. The zero-order valence-electron chi connectivity index (χ0n) is 12.5. The minimum Gasteiger partial charge on any atom is -0.507 e. The number of hydrogen-bond donors (Lipinski definition) is 1. The summed E-state index contributed by atoms with van der Waals surface area (Å²) in [6.45, 7) is 13.9. The second kappa shape index (κ2) is 6.79. The minimum atomic E-state index is 0.373. The summed E-state index contributed by atoms with van der Waals surface area (Å²) in [5.41, 5.74) is 3.38. The summed E-state index contributed by atoms with van der Waals surface area (Å²) in [5.74, 6) is 0.884. The molecule has 102 valence electrons. The second-order valence-electron chi connectivity index (χ2n) is 5.23. The molecule has 0 radical (unpaired) electrons. The fraction of sp³-hybridized carbons (Fsp3) is 0.625. The van der Waals surface area contributed by atoms with Crippen LogP contribution in [0.15, 0.2) is 12.1 Å². The van der Waals surface area contributed by atoms with Gasteiger partial charge in [-0.3, -0.25) is 0 Å². The van der Waals surface area contributed by atoms with Crippen molar-refractivity contribution in [2.24, 2.45) is 0 Å². The number of aryl methyl sites for hydroxylation is 1. The zero-order valence-corrected chi connectivity index (χ0v) is 12.5. The molecule has 0 aromatic heterocycles. The highest BCUT2D eigenvalue weighted by atomic mass is 16.3. The number of benzene rings is 1. The quantitative estimate of drug-likeness (QED) is 0.831. The Kier molecular flexibility index (Phi) is 5.67. The summed E-state index contributed by atoms with van der Waals surface area (Å²) in [5, 5.41) is 10.4. The average molecular weight is 249 g/mol. The molecule has 1 N–H and O–H groups in total. The van der Waals surface area contributed by atoms with Crippen molar-refractivity contribution < 1.29 is 5.11 Å². The third-order valence-corrected chi connectivity index (χ3v) is 3.74. The highest BCUT2D eigenvalue weighted by Gasteiger charge is 2.13. The van der Waals surface area contributed by atoms with E-state index in [1.165, 1.54) is 5.56 Å². The molecule has 0 heterocycles. The molecule has 0 aliphatic heterocycles. The van der Waals surface area contributed by atoms with E-state index >= 15 is 0 Å². The molecule has 18 heavy (non-hydrogen) atoms. The number of phenolic OH excluding ortho intramolecular Hbond substituents is 1. The maximum absolute atomic E-state index is 10.4. The van der Waals surface area contributed by atoms with Crippen LogP contribution in [0.1, 0.15) is 50.3 Å². The van der Waals surface area contributed by atoms with E-state index in [-0.39, 0.29) is 0 Å². The highest BCUT2D eigenvalue weighted by Crippen LogP contribution is 2.31. The number of aromatic hydroxyl groups is 1. The van der Waals surface area contributed by atoms with Gasteiger partial charge in [-0.2, -0.15) is 0 Å². The Labute approximate surface area is 112 Å². The normalized spacial score (nSPS) is 11.5. The van der Waals surface area contributed by atoms with Crippen molar-refractivity contribution >= 4 is 0 Å². The van der Waals surface area contributed by atoms with E-state index in [1.54, 1.807) is 0 Å². The summed E-state index contributed by atoms with van der Waals surface area (Å²) in [6.07, 6.45) is 0.930. The number of rotatable bonds is 6. The molecule has 0 bridgehead atoms. The lowest BCUT2D eigenvalue weighted by Crippen LogP contribution is -2.25. The van der Waals surface area contributed by atoms with E-state index in [0.717, 1.165) is 37.2 Å². The van der Waals surface area contributed by atoms with Gasteiger partial charge in [0.05, 0.1) is 0 Å². The Bertz CT molecular complexity index is 381. The van der Waals surface area contributed by atoms with Crippen molar-refractivity contribution in [3.63, 3.8) is 0 Å². The lowest BCUT2D eigenvalue weighted by molar-refractivity contribution is 0.306. The van der Waals surface area contributed by atoms with Gasteiger partial charge in [-0.15, -0.1) is 0 Å². The van der Waals surface area contributed by atoms with E-state index in [0.29, 0.717) is 11.7 Å². The van der Waals surface area contributed by atoms with Crippen LogP contribution in [0.3, 0.4) is 0 Å². The monoisotopic (exact) mass is 249 g/mol. The van der Waals surface area contributed by atoms with Gasteiger partial charge >= 0.3 is 0 Å². The summed E-state index contributed by atoms with van der Waals surface area (Å²) in [7, 11) is 0. The fourth-order valence-corrected chi connectivity index (χ4v) is 2.35. The van der Waals surface area contributed by atoms with Gasteiger partial charge in [-0.25, -0.2) is 0 Å². The van der Waals surface area contributed by atoms with Crippen molar-refractivity contribution in [3.05, 3.63) is 28.8 Å². The highest BCUT2D eigenvalue weighted by molar-refractivity contribution is 5.46. The first-order valence-corrected chi connectivity index (χ1v) is 7.04. The van der Waals surface area contributed by atoms with E-state index in [1.807, 2.05) is 0 Å². The zero-order chi connectivity index (χ0) is 13.7. The van der Waals surface area contributed by atoms with Gasteiger partial charge in [-0.05, 0) is 49.0 Å². The van der Waals surface area contributed by atoms with Gasteiger partial charge in [0.1, 0.15) is 5.75 Å². The van der Waals surface area contributed by atoms with E-state index in [2.05, 4.69) is 51.7 Å². The van der Waals surface area contributed by atoms with Crippen LogP contribution in [0.2, 0.25) is 0 Å². The molecule has 0 aliphatic carbocycles. The van der Waals surface area contributed by atoms with Crippen LogP contribution in [0, 0.1) is 6.92 Å². The number of hydrogen-bond acceptors (Lipinski definition) is 2. The van der Waals surface area contributed by atoms with Crippen molar-refractivity contribution in [1.29, 1.82) is 0 Å². The molecule has 0 amide bonds. The van der Waals surface area contributed by atoms with Crippen molar-refractivity contribution in [2.75, 3.05) is 19.6 Å². The molecule has 1 rings (SSSR count). The molecule has 1 aromatic carbocycles. The molecule has 1 aromatic rings. The summed E-state index contributed by atoms with van der Waals surface area (Å²) < 4.78 is 0. The first-order chi connectivity index (χ1) is 8.51. The molecular formula is C16H27NO. The average Bonchev–Trinajstić information content (AvgIpc) is 2.33. The van der Waals surface area contributed by atoms with E-state index in [9.17, 15) is 5.11 Å². The first-order valence-electron chi connectivity index (χ1n) is 7.04. The Hall–Kier alpha value is -1.02. The summed E-state index contributed by atoms with van der Waals surface area (Å²) in [4.78, 5) is 2.39. The van der Waals surface area contributed by atoms with Gasteiger partial charge in [0.25, 0.3) is 0 Å². The lowest BCUT2D eigenvalue weighted by atomic mass is 9.94. The van der Waals surface area contributed by atoms with Crippen LogP contribution in [0.5, 0.6) is 5.75 Å². The molecule has 0 spiro atoms. The van der Waals surface area contributed by atoms with Gasteiger partial charge in [0.2, 0.25) is 0 Å². The van der Waals surface area contributed by atoms with Crippen molar-refractivity contribution in [1.82, 2.24) is 4.90 Å². The molecule has 0 unspecified atom stereocenters. The van der Waals surface area contributed by atoms with E-state index < -0.39 is 0 Å². The summed E-state index contributed by atoms with van der Waals surface area (Å²) in [6, 6.07) is 4.18. The van der Waals surface area contributed by atoms with Gasteiger partial charge in [0.15, 0.2) is 0 Å². The van der Waals surface area contributed by atoms with Crippen LogP contribution in [0.4, 0.5) is 0 Å². The largest absolute Gasteiger partial charge is 0.507 e. The Morgan fingerprint density at radius 3 is 2.28 bits per heavy atom. The van der Waals surface area contributed by atoms with Crippen molar-refractivity contribution in [3.8, 4) is 5.75 Å². The first kappa shape index (κ1) is 15.0. The topological polar surface area (TPSA) is 23.5 Å². The molecule has 0 saturated carbocycles. The van der Waals surface area contributed by atoms with Crippen molar-refractivity contribution in [2.45, 2.75) is 47.0 Å². The predicted molar refractivity (Wildman–Crippen MR) is 78.4 cm³/mol. The number of likely N-dealkylation sites (N-methyl/N-ethyl adjacent to an activating group) is 1. The molecule has 0 fully saturated rings. The van der Waals surface area contributed by atoms with Crippen LogP contribution >= 0.6 is 0 Å². The Morgan fingerprint density at radius 2 is 1.78 bits per heavy atom. The Balaban J connectivity index is 2.90. The molecule has 0 saturated heterocycles. The Morgan fingerprint density at radius 1 is 1.17 bits per heavy atom. The SMILES string of the molecule is CCN(CC)CCc1c(C)ccc(C(C)C)c1O. The van der Waals surface area contributed by atoms with Gasteiger partial charge in [0, 0.05) is 6.54 Å². The lowest BCUT2D eigenvalue weighted by Gasteiger charge is -2.20. The number of nitrogens with zero attached hydrogens (tertiary/aromatic N) is 1. The van der Waals surface area contributed by atoms with E-state index in [4.69, 9.17) is 0 Å². The molecular weight excluding hydrogens is 222 g/mol. The van der Waals surface area contributed by atoms with Crippen LogP contribution in [-0.4, -0.2) is 29.6 Å². The molecule has 0 aliphatic rings. The predicted octanol–water partition coefficient (Wildman–Crippen LogP) is 3.71. The van der Waals surface area contributed by atoms with Crippen LogP contribution < -0.4 is 0 Å². The maximum Gasteiger partial charge on any atom is 0.122 e. The van der Waals surface area contributed by atoms with Gasteiger partial charge in [-0.1, -0.05) is 39.8 Å². The smallest absolute Gasteiger partial charge is 0.122 e. The third kappa shape index (κ3) is 3.49. The number of phenols is 1. The molecule has 0 atom stereocenters. The standard InChI is InChI=1S/C16H27NO/c1-6-17(7-2)11-10-15-13(5)8-9-14(12(3)4)16(15)18/h8-9,12,18H,6-7,10-11H2,1-5H3. The van der Waals surface area contributed by atoms with Crippen LogP contribution in [0.25, 0.3) is 0 Å². The third-order valence-electron chi connectivity index (χ3n) is 3.74. The van der Waals surface area contributed by atoms with Gasteiger partial charge < -0.3 is 10.0 Å². The summed E-state index contributed by atoms with van der Waals surface area (Å²) >= 11 is 0. The molecule has 2 nitrogen and oxygen atoms in total. The fourth-order valence-electron chi connectivity index (χ4n) is 2.35.